The minimum atomic E-state index is 0.593. The molecule has 1 aromatic carbocycles. The summed E-state index contributed by atoms with van der Waals surface area (Å²) in [6.45, 7) is 0. The van der Waals surface area contributed by atoms with Gasteiger partial charge in [-0.1, -0.05) is 43.5 Å². The van der Waals surface area contributed by atoms with Crippen LogP contribution in [0.2, 0.25) is 0 Å². The predicted octanol–water partition coefficient (Wildman–Crippen LogP) is 3.87. The lowest BCUT2D eigenvalue weighted by molar-refractivity contribution is 0.441. The predicted molar refractivity (Wildman–Crippen MR) is 80.4 cm³/mol. The van der Waals surface area contributed by atoms with Crippen molar-refractivity contribution in [3.05, 3.63) is 42.1 Å². The molecule has 0 radical (unpaired) electrons. The van der Waals surface area contributed by atoms with Gasteiger partial charge in [0.1, 0.15) is 0 Å². The maximum atomic E-state index is 4.63. The van der Waals surface area contributed by atoms with Gasteiger partial charge in [0.2, 0.25) is 0 Å². The molecule has 0 amide bonds. The van der Waals surface area contributed by atoms with Gasteiger partial charge in [0.25, 0.3) is 0 Å². The van der Waals surface area contributed by atoms with Crippen molar-refractivity contribution in [3.8, 4) is 0 Å². The van der Waals surface area contributed by atoms with E-state index in [1.165, 1.54) is 48.6 Å². The molecular formula is C17H22N2. The minimum absolute atomic E-state index is 0.593. The van der Waals surface area contributed by atoms with Gasteiger partial charge >= 0.3 is 0 Å². The third kappa shape index (κ3) is 2.50. The molecule has 2 heteroatoms. The molecule has 0 saturated heterocycles. The Bertz CT molecular complexity index is 544. The summed E-state index contributed by atoms with van der Waals surface area (Å²) in [6.07, 6.45) is 8.53. The number of pyridine rings is 1. The number of fused-ring (bicyclic) bond motifs is 1. The van der Waals surface area contributed by atoms with Gasteiger partial charge in [0, 0.05) is 23.5 Å². The van der Waals surface area contributed by atoms with E-state index < -0.39 is 0 Å². The molecule has 2 aromatic rings. The standard InChI is InChI=1S/C17H22N2/c1-18-16-11-4-2-3-9-14(16)15-10-5-7-13-8-6-12-19-17(13)15/h5-8,10,12,14,16,18H,2-4,9,11H2,1H3. The Kier molecular flexibility index (Phi) is 3.79. The van der Waals surface area contributed by atoms with Crippen LogP contribution in [0.4, 0.5) is 0 Å². The molecule has 1 N–H and O–H groups in total. The normalized spacial score (nSPS) is 24.3. The highest BCUT2D eigenvalue weighted by Crippen LogP contribution is 2.34. The second kappa shape index (κ2) is 5.70. The summed E-state index contributed by atoms with van der Waals surface area (Å²) in [4.78, 5) is 4.63. The van der Waals surface area contributed by atoms with Crippen LogP contribution in [0.15, 0.2) is 36.5 Å². The van der Waals surface area contributed by atoms with Gasteiger partial charge in [-0.25, -0.2) is 0 Å². The summed E-state index contributed by atoms with van der Waals surface area (Å²) in [5.41, 5.74) is 2.62. The zero-order valence-corrected chi connectivity index (χ0v) is 11.6. The van der Waals surface area contributed by atoms with Gasteiger partial charge in [0.05, 0.1) is 5.52 Å². The van der Waals surface area contributed by atoms with Crippen LogP contribution in [0, 0.1) is 0 Å². The number of aromatic nitrogens is 1. The van der Waals surface area contributed by atoms with Gasteiger partial charge in [-0.05, 0) is 31.5 Å². The van der Waals surface area contributed by atoms with E-state index >= 15 is 0 Å². The first-order chi connectivity index (χ1) is 9.40. The molecule has 0 bridgehead atoms. The van der Waals surface area contributed by atoms with E-state index in [1.54, 1.807) is 0 Å². The van der Waals surface area contributed by atoms with E-state index in [2.05, 4.69) is 41.6 Å². The maximum Gasteiger partial charge on any atom is 0.0737 e. The summed E-state index contributed by atoms with van der Waals surface area (Å²) >= 11 is 0. The summed E-state index contributed by atoms with van der Waals surface area (Å²) < 4.78 is 0. The Morgan fingerprint density at radius 1 is 1.05 bits per heavy atom. The molecule has 0 spiro atoms. The molecule has 3 rings (SSSR count). The van der Waals surface area contributed by atoms with E-state index in [1.807, 2.05) is 12.3 Å². The number of hydrogen-bond donors (Lipinski definition) is 1. The molecule has 2 atom stereocenters. The van der Waals surface area contributed by atoms with Gasteiger partial charge in [-0.2, -0.15) is 0 Å². The molecule has 1 saturated carbocycles. The first-order valence-electron chi connectivity index (χ1n) is 7.41. The van der Waals surface area contributed by atoms with Crippen molar-refractivity contribution < 1.29 is 0 Å². The van der Waals surface area contributed by atoms with E-state index in [0.29, 0.717) is 12.0 Å². The Balaban J connectivity index is 2.06. The molecule has 19 heavy (non-hydrogen) atoms. The van der Waals surface area contributed by atoms with E-state index in [-0.39, 0.29) is 0 Å². The van der Waals surface area contributed by atoms with Crippen molar-refractivity contribution in [2.75, 3.05) is 7.05 Å². The van der Waals surface area contributed by atoms with Crippen molar-refractivity contribution >= 4 is 10.9 Å². The average Bonchev–Trinajstić information content (AvgIpc) is 2.71. The van der Waals surface area contributed by atoms with Gasteiger partial charge < -0.3 is 5.32 Å². The largest absolute Gasteiger partial charge is 0.316 e. The fourth-order valence-corrected chi connectivity index (χ4v) is 3.45. The first kappa shape index (κ1) is 12.6. The number of nitrogens with one attached hydrogen (secondary N) is 1. The lowest BCUT2D eigenvalue weighted by Crippen LogP contribution is -2.31. The Morgan fingerprint density at radius 2 is 1.89 bits per heavy atom. The summed E-state index contributed by atoms with van der Waals surface area (Å²) in [5.74, 6) is 0.603. The Hall–Kier alpha value is -1.41. The lowest BCUT2D eigenvalue weighted by Gasteiger charge is -2.26. The zero-order valence-electron chi connectivity index (χ0n) is 11.6. The maximum absolute atomic E-state index is 4.63. The SMILES string of the molecule is CNC1CCCCCC1c1cccc2cccnc12. The summed E-state index contributed by atoms with van der Waals surface area (Å²) in [7, 11) is 2.10. The average molecular weight is 254 g/mol. The van der Waals surface area contributed by atoms with Crippen LogP contribution in [0.25, 0.3) is 10.9 Å². The quantitative estimate of drug-likeness (QED) is 0.823. The van der Waals surface area contributed by atoms with Crippen molar-refractivity contribution in [1.82, 2.24) is 10.3 Å². The molecule has 1 aromatic heterocycles. The van der Waals surface area contributed by atoms with Crippen LogP contribution >= 0.6 is 0 Å². The minimum Gasteiger partial charge on any atom is -0.316 e. The lowest BCUT2D eigenvalue weighted by atomic mass is 9.86. The van der Waals surface area contributed by atoms with Gasteiger partial charge in [0.15, 0.2) is 0 Å². The number of rotatable bonds is 2. The van der Waals surface area contributed by atoms with Crippen LogP contribution in [0.5, 0.6) is 0 Å². The smallest absolute Gasteiger partial charge is 0.0737 e. The number of benzene rings is 1. The van der Waals surface area contributed by atoms with Gasteiger partial charge in [-0.3, -0.25) is 4.98 Å². The molecule has 1 fully saturated rings. The molecule has 1 heterocycles. The molecule has 100 valence electrons. The fourth-order valence-electron chi connectivity index (χ4n) is 3.45. The third-order valence-electron chi connectivity index (χ3n) is 4.45. The number of likely N-dealkylation sites (N-methyl/N-ethyl adjacent to an activating group) is 1. The second-order valence-corrected chi connectivity index (χ2v) is 5.56. The van der Waals surface area contributed by atoms with E-state index in [9.17, 15) is 0 Å². The zero-order chi connectivity index (χ0) is 13.1. The molecule has 2 unspecified atom stereocenters. The summed E-state index contributed by atoms with van der Waals surface area (Å²) in [6, 6.07) is 11.4. The van der Waals surface area contributed by atoms with Crippen LogP contribution in [-0.2, 0) is 0 Å². The number of para-hydroxylation sites is 1. The highest BCUT2D eigenvalue weighted by atomic mass is 14.9. The summed E-state index contributed by atoms with van der Waals surface area (Å²) in [5, 5.41) is 4.79. The number of nitrogens with zero attached hydrogens (tertiary/aromatic N) is 1. The fraction of sp³-hybridized carbons (Fsp3) is 0.471. The molecule has 1 aliphatic rings. The highest BCUT2D eigenvalue weighted by molar-refractivity contribution is 5.82. The first-order valence-corrected chi connectivity index (χ1v) is 7.41. The number of hydrogen-bond acceptors (Lipinski definition) is 2. The topological polar surface area (TPSA) is 24.9 Å². The molecule has 2 nitrogen and oxygen atoms in total. The van der Waals surface area contributed by atoms with Gasteiger partial charge in [-0.15, -0.1) is 0 Å². The molecule has 0 aliphatic heterocycles. The van der Waals surface area contributed by atoms with Crippen LogP contribution in [-0.4, -0.2) is 18.1 Å². The molecular weight excluding hydrogens is 232 g/mol. The molecule has 1 aliphatic carbocycles. The monoisotopic (exact) mass is 254 g/mol. The van der Waals surface area contributed by atoms with Crippen molar-refractivity contribution in [1.29, 1.82) is 0 Å². The van der Waals surface area contributed by atoms with E-state index in [4.69, 9.17) is 0 Å². The highest BCUT2D eigenvalue weighted by Gasteiger charge is 2.25. The van der Waals surface area contributed by atoms with Crippen LogP contribution in [0.1, 0.15) is 43.6 Å². The Morgan fingerprint density at radius 3 is 2.79 bits per heavy atom. The van der Waals surface area contributed by atoms with Crippen molar-refractivity contribution in [2.45, 2.75) is 44.1 Å². The third-order valence-corrected chi connectivity index (χ3v) is 4.45. The second-order valence-electron chi connectivity index (χ2n) is 5.56. The Labute approximate surface area is 115 Å². The van der Waals surface area contributed by atoms with Crippen LogP contribution in [0.3, 0.4) is 0 Å². The van der Waals surface area contributed by atoms with E-state index in [0.717, 1.165) is 0 Å². The van der Waals surface area contributed by atoms with Crippen molar-refractivity contribution in [2.24, 2.45) is 0 Å². The van der Waals surface area contributed by atoms with Crippen LogP contribution < -0.4 is 5.32 Å². The van der Waals surface area contributed by atoms with Crippen molar-refractivity contribution in [3.63, 3.8) is 0 Å².